The Bertz CT molecular complexity index is 897. The van der Waals surface area contributed by atoms with E-state index in [2.05, 4.69) is 106 Å². The third kappa shape index (κ3) is 7.14. The van der Waals surface area contributed by atoms with Gasteiger partial charge in [0.1, 0.15) is 0 Å². The molecule has 31 heavy (non-hydrogen) atoms. The van der Waals surface area contributed by atoms with Crippen molar-refractivity contribution in [2.45, 2.75) is 91.9 Å². The maximum absolute atomic E-state index is 4.85. The molecule has 2 aromatic carbocycles. The van der Waals surface area contributed by atoms with E-state index in [1.807, 2.05) is 12.4 Å². The average Bonchev–Trinajstić information content (AvgIpc) is 2.63. The third-order valence-electron chi connectivity index (χ3n) is 5.50. The molecule has 172 valence electrons. The Labute approximate surface area is 200 Å². The fourth-order valence-corrected chi connectivity index (χ4v) is 3.62. The van der Waals surface area contributed by atoms with E-state index < -0.39 is 0 Å². The minimum absolute atomic E-state index is 0. The summed E-state index contributed by atoms with van der Waals surface area (Å²) in [5.41, 5.74) is 7.38. The number of hydrogen-bond donors (Lipinski definition) is 0. The monoisotopic (exact) mass is 462 g/mol. The summed E-state index contributed by atoms with van der Waals surface area (Å²) in [5.74, 6) is 0.868. The molecule has 3 heteroatoms. The van der Waals surface area contributed by atoms with Crippen molar-refractivity contribution in [1.29, 1.82) is 0 Å². The first-order valence-corrected chi connectivity index (χ1v) is 11.2. The minimum Gasteiger partial charge on any atom is -0.255 e. The van der Waals surface area contributed by atoms with E-state index in [9.17, 15) is 0 Å². The summed E-state index contributed by atoms with van der Waals surface area (Å²) in [4.78, 5) is 9.69. The Morgan fingerprint density at radius 3 is 1.68 bits per heavy atom. The van der Waals surface area contributed by atoms with Crippen LogP contribution in [-0.2, 0) is 27.3 Å². The van der Waals surface area contributed by atoms with Gasteiger partial charge < -0.3 is 0 Å². The molecule has 0 spiro atoms. The van der Waals surface area contributed by atoms with Crippen LogP contribution >= 0.6 is 0 Å². The Balaban J connectivity index is 0.00000480. The molecule has 0 amide bonds. The molecule has 0 aliphatic carbocycles. The summed E-state index contributed by atoms with van der Waals surface area (Å²) in [7, 11) is 0. The van der Waals surface area contributed by atoms with Crippen molar-refractivity contribution in [2.75, 3.05) is 0 Å². The van der Waals surface area contributed by atoms with Crippen LogP contribution in [0.15, 0.2) is 46.4 Å². The molecule has 0 aromatic heterocycles. The van der Waals surface area contributed by atoms with Crippen LogP contribution in [0.4, 0.5) is 11.4 Å². The predicted molar refractivity (Wildman–Crippen MR) is 135 cm³/mol. The summed E-state index contributed by atoms with van der Waals surface area (Å²) in [5, 5.41) is 0. The minimum atomic E-state index is 0. The largest absolute Gasteiger partial charge is 0.255 e. The molecular weight excluding hydrogens is 423 g/mol. The van der Waals surface area contributed by atoms with Crippen LogP contribution in [0.2, 0.25) is 0 Å². The van der Waals surface area contributed by atoms with Gasteiger partial charge in [0.2, 0.25) is 0 Å². The van der Waals surface area contributed by atoms with Crippen LogP contribution in [0.5, 0.6) is 0 Å². The molecule has 0 atom stereocenters. The van der Waals surface area contributed by atoms with Gasteiger partial charge in [-0.2, -0.15) is 0 Å². The average molecular weight is 463 g/mol. The predicted octanol–water partition coefficient (Wildman–Crippen LogP) is 8.63. The molecule has 2 aromatic rings. The Morgan fingerprint density at radius 1 is 0.710 bits per heavy atom. The van der Waals surface area contributed by atoms with Gasteiger partial charge >= 0.3 is 0 Å². The van der Waals surface area contributed by atoms with Crippen molar-refractivity contribution in [3.63, 3.8) is 0 Å². The van der Waals surface area contributed by atoms with E-state index in [1.165, 1.54) is 22.3 Å². The number of nitrogens with zero attached hydrogens (tertiary/aromatic N) is 2. The van der Waals surface area contributed by atoms with Gasteiger partial charge in [0.05, 0.1) is 11.4 Å². The zero-order valence-corrected chi connectivity index (χ0v) is 22.0. The molecule has 0 fully saturated rings. The van der Waals surface area contributed by atoms with Crippen LogP contribution in [0.3, 0.4) is 0 Å². The molecular formula is C28H40N2Ni. The van der Waals surface area contributed by atoms with Gasteiger partial charge in [-0.1, -0.05) is 99.6 Å². The molecule has 2 nitrogen and oxygen atoms in total. The SMILES string of the molecule is CC(C)c1cccc(C(C)C)c1N=CC=Nc1cc(C(C)(C)C)ccc1C(C)(C)C.[Ni]. The molecule has 0 unspecified atom stereocenters. The first-order valence-electron chi connectivity index (χ1n) is 11.2. The second-order valence-corrected chi connectivity index (χ2v) is 10.9. The van der Waals surface area contributed by atoms with E-state index in [0.717, 1.165) is 11.4 Å². The third-order valence-corrected chi connectivity index (χ3v) is 5.50. The van der Waals surface area contributed by atoms with Gasteiger partial charge in [-0.05, 0) is 51.0 Å². The molecule has 0 heterocycles. The van der Waals surface area contributed by atoms with Crippen molar-refractivity contribution < 1.29 is 16.5 Å². The van der Waals surface area contributed by atoms with E-state index in [4.69, 9.17) is 9.98 Å². The van der Waals surface area contributed by atoms with Gasteiger partial charge in [0, 0.05) is 28.9 Å². The maximum Gasteiger partial charge on any atom is 0.0699 e. The number of rotatable bonds is 5. The van der Waals surface area contributed by atoms with Gasteiger partial charge in [0.15, 0.2) is 0 Å². The fraction of sp³-hybridized carbons (Fsp3) is 0.500. The summed E-state index contributed by atoms with van der Waals surface area (Å²) in [6.45, 7) is 22.3. The molecule has 0 aliphatic heterocycles. The van der Waals surface area contributed by atoms with E-state index in [0.29, 0.717) is 11.8 Å². The van der Waals surface area contributed by atoms with Crippen LogP contribution in [0, 0.1) is 0 Å². The van der Waals surface area contributed by atoms with E-state index in [1.54, 1.807) is 0 Å². The van der Waals surface area contributed by atoms with E-state index >= 15 is 0 Å². The molecule has 0 N–H and O–H groups in total. The second kappa shape index (κ2) is 10.7. The summed E-state index contributed by atoms with van der Waals surface area (Å²) >= 11 is 0. The molecule has 2 rings (SSSR count). The van der Waals surface area contributed by atoms with Gasteiger partial charge in [-0.3, -0.25) is 9.98 Å². The first-order chi connectivity index (χ1) is 13.8. The topological polar surface area (TPSA) is 24.7 Å². The van der Waals surface area contributed by atoms with Crippen LogP contribution in [0.1, 0.15) is 103 Å². The molecule has 0 saturated carbocycles. The Hall–Kier alpha value is -1.73. The zero-order valence-electron chi connectivity index (χ0n) is 21.0. The van der Waals surface area contributed by atoms with Crippen molar-refractivity contribution in [3.8, 4) is 0 Å². The van der Waals surface area contributed by atoms with Gasteiger partial charge in [0.25, 0.3) is 0 Å². The van der Waals surface area contributed by atoms with Crippen molar-refractivity contribution in [2.24, 2.45) is 9.98 Å². The normalized spacial score (nSPS) is 12.9. The molecule has 0 radical (unpaired) electrons. The molecule has 0 saturated heterocycles. The number of aliphatic imine (C=N–C) groups is 2. The summed E-state index contributed by atoms with van der Waals surface area (Å²) in [6.07, 6.45) is 3.70. The number of benzene rings is 2. The van der Waals surface area contributed by atoms with Gasteiger partial charge in [-0.25, -0.2) is 0 Å². The van der Waals surface area contributed by atoms with Crippen LogP contribution in [0.25, 0.3) is 0 Å². The van der Waals surface area contributed by atoms with Crippen molar-refractivity contribution in [3.05, 3.63) is 58.7 Å². The van der Waals surface area contributed by atoms with Crippen LogP contribution in [-0.4, -0.2) is 12.4 Å². The van der Waals surface area contributed by atoms with Gasteiger partial charge in [-0.15, -0.1) is 0 Å². The number of para-hydroxylation sites is 1. The standard InChI is InChI=1S/C28H40N2.Ni/c1-19(2)22-12-11-13-23(20(3)4)26(22)30-17-16-29-25-18-21(27(5,6)7)14-15-24(25)28(8,9)10;/h11-20H,1-10H3;. The smallest absolute Gasteiger partial charge is 0.0699 e. The number of hydrogen-bond acceptors (Lipinski definition) is 2. The quantitative estimate of drug-likeness (QED) is 0.313. The molecule has 0 bridgehead atoms. The summed E-state index contributed by atoms with van der Waals surface area (Å²) < 4.78 is 0. The van der Waals surface area contributed by atoms with Crippen molar-refractivity contribution >= 4 is 23.8 Å². The molecule has 0 aliphatic rings. The maximum atomic E-state index is 4.85. The first kappa shape index (κ1) is 27.3. The fourth-order valence-electron chi connectivity index (χ4n) is 3.62. The Morgan fingerprint density at radius 2 is 1.23 bits per heavy atom. The van der Waals surface area contributed by atoms with Crippen molar-refractivity contribution in [1.82, 2.24) is 0 Å². The van der Waals surface area contributed by atoms with E-state index in [-0.39, 0.29) is 27.3 Å². The second-order valence-electron chi connectivity index (χ2n) is 10.9. The summed E-state index contributed by atoms with van der Waals surface area (Å²) in [6, 6.07) is 13.2. The Kier molecular flexibility index (Phi) is 9.45. The zero-order chi connectivity index (χ0) is 22.7. The van der Waals surface area contributed by atoms with Crippen LogP contribution < -0.4 is 0 Å².